The van der Waals surface area contributed by atoms with Crippen LogP contribution in [0.15, 0.2) is 30.6 Å². The number of nitrogens with zero attached hydrogens (tertiary/aromatic N) is 6. The lowest BCUT2D eigenvalue weighted by Crippen LogP contribution is -2.52. The van der Waals surface area contributed by atoms with Crippen molar-refractivity contribution < 1.29 is 19.3 Å². The fourth-order valence-electron chi connectivity index (χ4n) is 3.65. The maximum atomic E-state index is 12.7. The summed E-state index contributed by atoms with van der Waals surface area (Å²) in [6.45, 7) is 3.34. The highest BCUT2D eigenvalue weighted by Crippen LogP contribution is 2.30. The minimum atomic E-state index is -0.814. The van der Waals surface area contributed by atoms with Gasteiger partial charge in [-0.3, -0.25) is 29.4 Å². The minimum Gasteiger partial charge on any atom is -0.353 e. The van der Waals surface area contributed by atoms with Gasteiger partial charge in [-0.15, -0.1) is 0 Å². The molecule has 3 heterocycles. The molecule has 2 aliphatic heterocycles. The monoisotopic (exact) mass is 410 g/mol. The van der Waals surface area contributed by atoms with Crippen LogP contribution in [0.25, 0.3) is 0 Å². The standard InChI is InChI=1S/C19H18N6O5/c1-12-9-15(21-11-20-12)22-5-7-23(8-6-22)16(26)10-24-18(27)13-3-2-4-14(25(29)30)17(13)19(24)28/h2-4,9,11H,5-8,10H2,1H3. The molecule has 0 bridgehead atoms. The molecule has 0 radical (unpaired) electrons. The average Bonchev–Trinajstić information content (AvgIpc) is 2.98. The van der Waals surface area contributed by atoms with Gasteiger partial charge in [0.15, 0.2) is 0 Å². The summed E-state index contributed by atoms with van der Waals surface area (Å²) < 4.78 is 0. The van der Waals surface area contributed by atoms with E-state index in [4.69, 9.17) is 0 Å². The number of nitro groups is 1. The molecule has 0 N–H and O–H groups in total. The molecule has 0 atom stereocenters. The largest absolute Gasteiger partial charge is 0.353 e. The summed E-state index contributed by atoms with van der Waals surface area (Å²) in [4.78, 5) is 61.1. The Morgan fingerprint density at radius 1 is 1.13 bits per heavy atom. The number of hydrogen-bond donors (Lipinski definition) is 0. The molecule has 1 aromatic heterocycles. The number of anilines is 1. The van der Waals surface area contributed by atoms with Crippen LogP contribution in [0.4, 0.5) is 11.5 Å². The van der Waals surface area contributed by atoms with Gasteiger partial charge in [-0.2, -0.15) is 0 Å². The quantitative estimate of drug-likeness (QED) is 0.408. The number of aromatic nitrogens is 2. The summed E-state index contributed by atoms with van der Waals surface area (Å²) in [7, 11) is 0. The Labute approximate surface area is 171 Å². The Morgan fingerprint density at radius 3 is 2.53 bits per heavy atom. The molecule has 30 heavy (non-hydrogen) atoms. The maximum Gasteiger partial charge on any atom is 0.282 e. The van der Waals surface area contributed by atoms with Crippen molar-refractivity contribution in [3.05, 3.63) is 57.5 Å². The number of nitro benzene ring substituents is 1. The second-order valence-electron chi connectivity index (χ2n) is 7.04. The second-order valence-corrected chi connectivity index (χ2v) is 7.04. The number of amides is 3. The van der Waals surface area contributed by atoms with Crippen LogP contribution in [0.2, 0.25) is 0 Å². The van der Waals surface area contributed by atoms with Crippen molar-refractivity contribution in [2.24, 2.45) is 0 Å². The van der Waals surface area contributed by atoms with Crippen LogP contribution in [0.5, 0.6) is 0 Å². The molecule has 0 spiro atoms. The Bertz CT molecular complexity index is 1060. The molecule has 2 aromatic rings. The fourth-order valence-corrected chi connectivity index (χ4v) is 3.65. The lowest BCUT2D eigenvalue weighted by Gasteiger charge is -2.35. The maximum absolute atomic E-state index is 12.7. The van der Waals surface area contributed by atoms with Crippen molar-refractivity contribution >= 4 is 29.2 Å². The third-order valence-corrected chi connectivity index (χ3v) is 5.21. The zero-order valence-corrected chi connectivity index (χ0v) is 16.1. The third-order valence-electron chi connectivity index (χ3n) is 5.21. The molecule has 0 unspecified atom stereocenters. The first-order valence-electron chi connectivity index (χ1n) is 9.32. The van der Waals surface area contributed by atoms with Crippen LogP contribution >= 0.6 is 0 Å². The number of hydrogen-bond acceptors (Lipinski definition) is 8. The average molecular weight is 410 g/mol. The van der Waals surface area contributed by atoms with Gasteiger partial charge < -0.3 is 9.80 Å². The SMILES string of the molecule is Cc1cc(N2CCN(C(=O)CN3C(=O)c4cccc([N+](=O)[O-])c4C3=O)CC2)ncn1. The van der Waals surface area contributed by atoms with Crippen LogP contribution in [0.1, 0.15) is 26.4 Å². The first-order chi connectivity index (χ1) is 14.4. The third kappa shape index (κ3) is 3.34. The predicted molar refractivity (Wildman–Crippen MR) is 104 cm³/mol. The van der Waals surface area contributed by atoms with E-state index in [1.807, 2.05) is 17.9 Å². The summed E-state index contributed by atoms with van der Waals surface area (Å²) in [5, 5.41) is 11.2. The van der Waals surface area contributed by atoms with Crippen molar-refractivity contribution in [3.8, 4) is 0 Å². The Hall–Kier alpha value is -3.89. The van der Waals surface area contributed by atoms with Crippen molar-refractivity contribution in [1.82, 2.24) is 19.8 Å². The summed E-state index contributed by atoms with van der Waals surface area (Å²) in [5.41, 5.74) is 0.1000. The predicted octanol–water partition coefficient (Wildman–Crippen LogP) is 0.638. The van der Waals surface area contributed by atoms with E-state index >= 15 is 0 Å². The fraction of sp³-hybridized carbons (Fsp3) is 0.316. The smallest absolute Gasteiger partial charge is 0.282 e. The molecule has 1 aromatic carbocycles. The minimum absolute atomic E-state index is 0.0500. The van der Waals surface area contributed by atoms with E-state index in [0.717, 1.165) is 16.4 Å². The highest BCUT2D eigenvalue weighted by molar-refractivity contribution is 6.24. The van der Waals surface area contributed by atoms with E-state index < -0.39 is 29.0 Å². The molecular formula is C19H18N6O5. The van der Waals surface area contributed by atoms with Crippen molar-refractivity contribution in [1.29, 1.82) is 0 Å². The Morgan fingerprint density at radius 2 is 1.87 bits per heavy atom. The number of piperazine rings is 1. The van der Waals surface area contributed by atoms with Crippen LogP contribution < -0.4 is 4.90 Å². The lowest BCUT2D eigenvalue weighted by molar-refractivity contribution is -0.385. The van der Waals surface area contributed by atoms with Gasteiger partial charge in [0.2, 0.25) is 5.91 Å². The highest BCUT2D eigenvalue weighted by atomic mass is 16.6. The van der Waals surface area contributed by atoms with Crippen LogP contribution in [0.3, 0.4) is 0 Å². The molecule has 0 saturated carbocycles. The molecule has 4 rings (SSSR count). The second kappa shape index (κ2) is 7.50. The Balaban J connectivity index is 1.43. The van der Waals surface area contributed by atoms with Gasteiger partial charge in [0, 0.05) is 44.0 Å². The number of carbonyl (C=O) groups is 3. The van der Waals surface area contributed by atoms with Crippen LogP contribution in [-0.2, 0) is 4.79 Å². The van der Waals surface area contributed by atoms with Crippen LogP contribution in [-0.4, -0.2) is 75.1 Å². The van der Waals surface area contributed by atoms with Crippen molar-refractivity contribution in [3.63, 3.8) is 0 Å². The van der Waals surface area contributed by atoms with E-state index in [0.29, 0.717) is 26.2 Å². The highest BCUT2D eigenvalue weighted by Gasteiger charge is 2.42. The number of rotatable bonds is 4. The lowest BCUT2D eigenvalue weighted by atomic mass is 10.1. The van der Waals surface area contributed by atoms with Gasteiger partial charge in [0.05, 0.1) is 10.5 Å². The first-order valence-corrected chi connectivity index (χ1v) is 9.32. The van der Waals surface area contributed by atoms with Gasteiger partial charge in [0.1, 0.15) is 24.3 Å². The zero-order chi connectivity index (χ0) is 21.4. The van der Waals surface area contributed by atoms with Crippen molar-refractivity contribution in [2.75, 3.05) is 37.6 Å². The molecule has 3 amide bonds. The number of imide groups is 1. The molecule has 11 nitrogen and oxygen atoms in total. The summed E-state index contributed by atoms with van der Waals surface area (Å²) in [6.07, 6.45) is 1.49. The van der Waals surface area contributed by atoms with E-state index in [1.165, 1.54) is 24.5 Å². The van der Waals surface area contributed by atoms with Gasteiger partial charge >= 0.3 is 0 Å². The molecule has 0 aliphatic carbocycles. The normalized spacial score (nSPS) is 16.1. The number of fused-ring (bicyclic) bond motifs is 1. The van der Waals surface area contributed by atoms with Crippen molar-refractivity contribution in [2.45, 2.75) is 6.92 Å². The summed E-state index contributed by atoms with van der Waals surface area (Å²) in [5.74, 6) is -1.11. The number of carbonyl (C=O) groups excluding carboxylic acids is 3. The molecule has 1 fully saturated rings. The van der Waals surface area contributed by atoms with Gasteiger partial charge in [-0.25, -0.2) is 9.97 Å². The van der Waals surface area contributed by atoms with Gasteiger partial charge in [-0.05, 0) is 13.0 Å². The van der Waals surface area contributed by atoms with E-state index in [1.54, 1.807) is 4.90 Å². The topological polar surface area (TPSA) is 130 Å². The molecule has 11 heteroatoms. The summed E-state index contributed by atoms with van der Waals surface area (Å²) >= 11 is 0. The van der Waals surface area contributed by atoms with Gasteiger partial charge in [0.25, 0.3) is 17.5 Å². The van der Waals surface area contributed by atoms with Gasteiger partial charge in [-0.1, -0.05) is 6.07 Å². The number of benzene rings is 1. The molecule has 1 saturated heterocycles. The molecule has 154 valence electrons. The molecule has 2 aliphatic rings. The summed E-state index contributed by atoms with van der Waals surface area (Å²) in [6, 6.07) is 5.74. The number of aryl methyl sites for hydroxylation is 1. The first kappa shape index (κ1) is 19.4. The zero-order valence-electron chi connectivity index (χ0n) is 16.1. The molecular weight excluding hydrogens is 392 g/mol. The van der Waals surface area contributed by atoms with E-state index in [9.17, 15) is 24.5 Å². The Kier molecular flexibility index (Phi) is 4.86. The van der Waals surface area contributed by atoms with E-state index in [2.05, 4.69) is 9.97 Å². The van der Waals surface area contributed by atoms with E-state index in [-0.39, 0.29) is 17.0 Å². The van der Waals surface area contributed by atoms with Crippen LogP contribution in [0, 0.1) is 17.0 Å².